The highest BCUT2D eigenvalue weighted by Crippen LogP contribution is 2.16. The Labute approximate surface area is 64.5 Å². The Balaban J connectivity index is 2.96. The molecule has 2 aromatic heterocycles. The number of aromatic amines is 1. The second kappa shape index (κ2) is 2.05. The zero-order valence-corrected chi connectivity index (χ0v) is 6.55. The number of H-pyrrole nitrogens is 1. The molecule has 0 aliphatic heterocycles. The van der Waals surface area contributed by atoms with Gasteiger partial charge in [-0.3, -0.25) is 0 Å². The highest BCUT2D eigenvalue weighted by atomic mass is 15.1. The monoisotopic (exact) mass is 147 g/mol. The van der Waals surface area contributed by atoms with Gasteiger partial charge in [0.25, 0.3) is 0 Å². The van der Waals surface area contributed by atoms with Gasteiger partial charge in [-0.1, -0.05) is 0 Å². The van der Waals surface area contributed by atoms with Gasteiger partial charge in [0, 0.05) is 23.2 Å². The molecular weight excluding hydrogens is 138 g/mol. The Kier molecular flexibility index (Phi) is 1.18. The zero-order chi connectivity index (χ0) is 7.84. The molecule has 0 amide bonds. The van der Waals surface area contributed by atoms with Crippen molar-refractivity contribution in [2.45, 2.75) is 13.8 Å². The Bertz CT molecular complexity index is 353. The van der Waals surface area contributed by atoms with Gasteiger partial charge in [-0.15, -0.1) is 0 Å². The van der Waals surface area contributed by atoms with E-state index < -0.39 is 0 Å². The van der Waals surface area contributed by atoms with Crippen LogP contribution in [0.25, 0.3) is 10.8 Å². The third-order valence-electron chi connectivity index (χ3n) is 1.88. The van der Waals surface area contributed by atoms with Crippen molar-refractivity contribution in [2.75, 3.05) is 0 Å². The lowest BCUT2D eigenvalue weighted by Crippen LogP contribution is -1.89. The molecule has 0 spiro atoms. The SMILES string of the molecule is Cc1nnc(C)c2c[nH]cc12. The van der Waals surface area contributed by atoms with Crippen LogP contribution in [0.1, 0.15) is 11.4 Å². The minimum atomic E-state index is 0.979. The molecule has 0 saturated heterocycles. The van der Waals surface area contributed by atoms with Gasteiger partial charge in [0.05, 0.1) is 11.4 Å². The van der Waals surface area contributed by atoms with Crippen molar-refractivity contribution in [3.63, 3.8) is 0 Å². The summed E-state index contributed by atoms with van der Waals surface area (Å²) in [5.41, 5.74) is 1.96. The van der Waals surface area contributed by atoms with Crippen LogP contribution in [0.4, 0.5) is 0 Å². The zero-order valence-electron chi connectivity index (χ0n) is 6.55. The molecule has 0 aliphatic carbocycles. The van der Waals surface area contributed by atoms with Gasteiger partial charge in [-0.05, 0) is 13.8 Å². The molecule has 0 aliphatic rings. The molecule has 3 nitrogen and oxygen atoms in total. The van der Waals surface area contributed by atoms with Crippen LogP contribution in [0, 0.1) is 13.8 Å². The number of aromatic nitrogens is 3. The number of hydrogen-bond acceptors (Lipinski definition) is 2. The number of rotatable bonds is 0. The van der Waals surface area contributed by atoms with Crippen molar-refractivity contribution in [3.05, 3.63) is 23.8 Å². The van der Waals surface area contributed by atoms with Gasteiger partial charge in [0.2, 0.25) is 0 Å². The first-order valence-electron chi connectivity index (χ1n) is 3.55. The number of fused-ring (bicyclic) bond motifs is 1. The third kappa shape index (κ3) is 0.808. The third-order valence-corrected chi connectivity index (χ3v) is 1.88. The van der Waals surface area contributed by atoms with Crippen molar-refractivity contribution < 1.29 is 0 Å². The summed E-state index contributed by atoms with van der Waals surface area (Å²) in [6, 6.07) is 0. The largest absolute Gasteiger partial charge is 0.366 e. The first-order chi connectivity index (χ1) is 5.29. The summed E-state index contributed by atoms with van der Waals surface area (Å²) in [7, 11) is 0. The van der Waals surface area contributed by atoms with Gasteiger partial charge in [0.15, 0.2) is 0 Å². The molecule has 56 valence electrons. The van der Waals surface area contributed by atoms with Crippen LogP contribution < -0.4 is 0 Å². The molecule has 0 fully saturated rings. The molecular formula is C8H9N3. The Morgan fingerprint density at radius 3 is 1.91 bits per heavy atom. The fraction of sp³-hybridized carbons (Fsp3) is 0.250. The molecule has 3 heteroatoms. The predicted octanol–water partition coefficient (Wildman–Crippen LogP) is 1.57. The standard InChI is InChI=1S/C8H9N3/c1-5-7-3-9-4-8(7)6(2)11-10-5/h3-4,9H,1-2H3. The lowest BCUT2D eigenvalue weighted by Gasteiger charge is -1.95. The summed E-state index contributed by atoms with van der Waals surface area (Å²) < 4.78 is 0. The normalized spacial score (nSPS) is 10.7. The molecule has 0 unspecified atom stereocenters. The average molecular weight is 147 g/mol. The second-order valence-electron chi connectivity index (χ2n) is 2.65. The van der Waals surface area contributed by atoms with E-state index in [-0.39, 0.29) is 0 Å². The van der Waals surface area contributed by atoms with Crippen molar-refractivity contribution in [1.29, 1.82) is 0 Å². The Morgan fingerprint density at radius 1 is 1.00 bits per heavy atom. The van der Waals surface area contributed by atoms with Crippen LogP contribution in [0.2, 0.25) is 0 Å². The minimum absolute atomic E-state index is 0.979. The van der Waals surface area contributed by atoms with Crippen molar-refractivity contribution in [3.8, 4) is 0 Å². The maximum Gasteiger partial charge on any atom is 0.0693 e. The molecule has 2 heterocycles. The van der Waals surface area contributed by atoms with E-state index in [1.165, 1.54) is 0 Å². The summed E-state index contributed by atoms with van der Waals surface area (Å²) in [6.45, 7) is 3.92. The van der Waals surface area contributed by atoms with Crippen molar-refractivity contribution in [2.24, 2.45) is 0 Å². The van der Waals surface area contributed by atoms with E-state index in [0.717, 1.165) is 22.2 Å². The van der Waals surface area contributed by atoms with Crippen LogP contribution >= 0.6 is 0 Å². The quantitative estimate of drug-likeness (QED) is 0.614. The van der Waals surface area contributed by atoms with E-state index in [2.05, 4.69) is 15.2 Å². The molecule has 2 aromatic rings. The van der Waals surface area contributed by atoms with E-state index in [4.69, 9.17) is 0 Å². The molecule has 0 aromatic carbocycles. The molecule has 0 atom stereocenters. The summed E-state index contributed by atoms with van der Waals surface area (Å²) in [5.74, 6) is 0. The van der Waals surface area contributed by atoms with E-state index in [1.807, 2.05) is 26.2 Å². The number of hydrogen-bond donors (Lipinski definition) is 1. The van der Waals surface area contributed by atoms with Gasteiger partial charge in [0.1, 0.15) is 0 Å². The first kappa shape index (κ1) is 6.34. The minimum Gasteiger partial charge on any atom is -0.366 e. The molecule has 0 saturated carbocycles. The molecule has 0 radical (unpaired) electrons. The number of nitrogens with zero attached hydrogens (tertiary/aromatic N) is 2. The van der Waals surface area contributed by atoms with E-state index >= 15 is 0 Å². The highest BCUT2D eigenvalue weighted by Gasteiger charge is 2.01. The Hall–Kier alpha value is -1.38. The van der Waals surface area contributed by atoms with Gasteiger partial charge in [-0.25, -0.2) is 0 Å². The van der Waals surface area contributed by atoms with E-state index in [9.17, 15) is 0 Å². The van der Waals surface area contributed by atoms with E-state index in [0.29, 0.717) is 0 Å². The lowest BCUT2D eigenvalue weighted by atomic mass is 10.2. The van der Waals surface area contributed by atoms with Crippen LogP contribution in [0.3, 0.4) is 0 Å². The van der Waals surface area contributed by atoms with E-state index in [1.54, 1.807) is 0 Å². The van der Waals surface area contributed by atoms with Crippen LogP contribution in [0.5, 0.6) is 0 Å². The van der Waals surface area contributed by atoms with Gasteiger partial charge >= 0.3 is 0 Å². The highest BCUT2D eigenvalue weighted by molar-refractivity contribution is 5.85. The summed E-state index contributed by atoms with van der Waals surface area (Å²) in [4.78, 5) is 3.04. The first-order valence-corrected chi connectivity index (χ1v) is 3.55. The summed E-state index contributed by atoms with van der Waals surface area (Å²) in [5, 5.41) is 10.3. The van der Waals surface area contributed by atoms with Crippen molar-refractivity contribution in [1.82, 2.24) is 15.2 Å². The Morgan fingerprint density at radius 2 is 1.45 bits per heavy atom. The number of aryl methyl sites for hydroxylation is 2. The molecule has 0 bridgehead atoms. The lowest BCUT2D eigenvalue weighted by molar-refractivity contribution is 0.966. The molecule has 11 heavy (non-hydrogen) atoms. The van der Waals surface area contributed by atoms with Gasteiger partial charge < -0.3 is 4.98 Å². The maximum absolute atomic E-state index is 4.01. The fourth-order valence-electron chi connectivity index (χ4n) is 1.22. The second-order valence-corrected chi connectivity index (χ2v) is 2.65. The van der Waals surface area contributed by atoms with Crippen LogP contribution in [-0.4, -0.2) is 15.2 Å². The summed E-state index contributed by atoms with van der Waals surface area (Å²) >= 11 is 0. The fourth-order valence-corrected chi connectivity index (χ4v) is 1.22. The van der Waals surface area contributed by atoms with Gasteiger partial charge in [-0.2, -0.15) is 10.2 Å². The molecule has 2 rings (SSSR count). The topological polar surface area (TPSA) is 41.6 Å². The van der Waals surface area contributed by atoms with Crippen LogP contribution in [0.15, 0.2) is 12.4 Å². The van der Waals surface area contributed by atoms with Crippen LogP contribution in [-0.2, 0) is 0 Å². The average Bonchev–Trinajstić information content (AvgIpc) is 2.45. The smallest absolute Gasteiger partial charge is 0.0693 e. The maximum atomic E-state index is 4.01. The van der Waals surface area contributed by atoms with Crippen molar-refractivity contribution >= 4 is 10.8 Å². The molecule has 1 N–H and O–H groups in total. The predicted molar refractivity (Wildman–Crippen MR) is 43.4 cm³/mol. The number of nitrogens with one attached hydrogen (secondary N) is 1. The summed E-state index contributed by atoms with van der Waals surface area (Å²) in [6.07, 6.45) is 3.90.